The minimum Gasteiger partial charge on any atom is -0.348 e. The molecule has 1 saturated heterocycles. The van der Waals surface area contributed by atoms with E-state index in [0.29, 0.717) is 0 Å². The average Bonchev–Trinajstić information content (AvgIpc) is 2.85. The molecule has 0 aromatic heterocycles. The molecular weight excluding hydrogens is 238 g/mol. The Labute approximate surface area is 105 Å². The highest BCUT2D eigenvalue weighted by Gasteiger charge is 2.24. The Balaban J connectivity index is 2.04. The van der Waals surface area contributed by atoms with Crippen molar-refractivity contribution in [2.24, 2.45) is 0 Å². The van der Waals surface area contributed by atoms with E-state index >= 15 is 0 Å². The van der Waals surface area contributed by atoms with Crippen LogP contribution in [0.25, 0.3) is 0 Å². The van der Waals surface area contributed by atoms with E-state index in [-0.39, 0.29) is 17.5 Å². The van der Waals surface area contributed by atoms with E-state index in [1.165, 1.54) is 0 Å². The smallest absolute Gasteiger partial charge is 0.237 e. The zero-order chi connectivity index (χ0) is 13.1. The summed E-state index contributed by atoms with van der Waals surface area (Å²) in [4.78, 5) is 11.8. The summed E-state index contributed by atoms with van der Waals surface area (Å²) < 4.78 is 26.6. The first kappa shape index (κ1) is 13.0. The van der Waals surface area contributed by atoms with Crippen molar-refractivity contribution in [1.82, 2.24) is 10.6 Å². The number of hydrogen-bond acceptors (Lipinski definition) is 2. The highest BCUT2D eigenvalue weighted by atomic mass is 19.1. The van der Waals surface area contributed by atoms with E-state index in [2.05, 4.69) is 10.6 Å². The van der Waals surface area contributed by atoms with Gasteiger partial charge in [0.1, 0.15) is 11.6 Å². The molecule has 0 radical (unpaired) electrons. The molecule has 0 spiro atoms. The van der Waals surface area contributed by atoms with Crippen molar-refractivity contribution in [3.63, 3.8) is 0 Å². The number of hydrogen-bond donors (Lipinski definition) is 2. The Hall–Kier alpha value is -1.49. The van der Waals surface area contributed by atoms with E-state index in [1.54, 1.807) is 6.92 Å². The van der Waals surface area contributed by atoms with Crippen LogP contribution in [0.1, 0.15) is 31.4 Å². The third-order valence-electron chi connectivity index (χ3n) is 3.16. The number of amides is 1. The minimum absolute atomic E-state index is 0.163. The van der Waals surface area contributed by atoms with Crippen molar-refractivity contribution in [3.8, 4) is 0 Å². The molecule has 0 bridgehead atoms. The van der Waals surface area contributed by atoms with Gasteiger partial charge in [0, 0.05) is 5.56 Å². The van der Waals surface area contributed by atoms with E-state index in [1.807, 2.05) is 0 Å². The van der Waals surface area contributed by atoms with Gasteiger partial charge in [-0.2, -0.15) is 0 Å². The maximum atomic E-state index is 13.5. The van der Waals surface area contributed by atoms with Crippen LogP contribution < -0.4 is 10.6 Å². The summed E-state index contributed by atoms with van der Waals surface area (Å²) in [7, 11) is 0. The fourth-order valence-electron chi connectivity index (χ4n) is 2.15. The minimum atomic E-state index is -0.546. The summed E-state index contributed by atoms with van der Waals surface area (Å²) in [5.74, 6) is -1.18. The molecule has 1 aromatic rings. The van der Waals surface area contributed by atoms with Crippen LogP contribution in [0.3, 0.4) is 0 Å². The average molecular weight is 254 g/mol. The molecule has 1 amide bonds. The summed E-state index contributed by atoms with van der Waals surface area (Å²) in [5, 5.41) is 5.76. The number of carbonyl (C=O) groups is 1. The van der Waals surface area contributed by atoms with E-state index in [9.17, 15) is 13.6 Å². The Morgan fingerprint density at radius 1 is 1.50 bits per heavy atom. The maximum Gasteiger partial charge on any atom is 0.237 e. The predicted octanol–water partition coefficient (Wildman–Crippen LogP) is 1.89. The molecule has 1 aliphatic rings. The number of carbonyl (C=O) groups excluding carboxylic acids is 1. The topological polar surface area (TPSA) is 41.1 Å². The molecule has 98 valence electrons. The highest BCUT2D eigenvalue weighted by molar-refractivity contribution is 5.82. The molecule has 2 N–H and O–H groups in total. The first-order valence-corrected chi connectivity index (χ1v) is 6.06. The van der Waals surface area contributed by atoms with E-state index in [4.69, 9.17) is 0 Å². The van der Waals surface area contributed by atoms with Crippen LogP contribution in [0.15, 0.2) is 18.2 Å². The Morgan fingerprint density at radius 3 is 2.94 bits per heavy atom. The van der Waals surface area contributed by atoms with E-state index in [0.717, 1.165) is 37.6 Å². The lowest BCUT2D eigenvalue weighted by Gasteiger charge is -2.18. The Morgan fingerprint density at radius 2 is 2.28 bits per heavy atom. The molecule has 1 aromatic carbocycles. The van der Waals surface area contributed by atoms with Crippen molar-refractivity contribution in [1.29, 1.82) is 0 Å². The van der Waals surface area contributed by atoms with Crippen molar-refractivity contribution in [3.05, 3.63) is 35.4 Å². The molecule has 3 nitrogen and oxygen atoms in total. The number of rotatable bonds is 3. The Bertz CT molecular complexity index is 445. The third-order valence-corrected chi connectivity index (χ3v) is 3.16. The fraction of sp³-hybridized carbons (Fsp3) is 0.462. The molecular formula is C13H16F2N2O. The Kier molecular flexibility index (Phi) is 3.91. The highest BCUT2D eigenvalue weighted by Crippen LogP contribution is 2.18. The molecule has 2 unspecified atom stereocenters. The second-order valence-electron chi connectivity index (χ2n) is 4.55. The summed E-state index contributed by atoms with van der Waals surface area (Å²) in [5.41, 5.74) is 0.168. The SMILES string of the molecule is CC(NC(=O)C1CCCN1)c1cc(F)ccc1F. The normalized spacial score (nSPS) is 20.7. The molecule has 5 heteroatoms. The molecule has 0 aliphatic carbocycles. The molecule has 1 heterocycles. The third kappa shape index (κ3) is 2.85. The van der Waals surface area contributed by atoms with Gasteiger partial charge in [0.15, 0.2) is 0 Å². The monoisotopic (exact) mass is 254 g/mol. The van der Waals surface area contributed by atoms with Gasteiger partial charge in [-0.15, -0.1) is 0 Å². The lowest BCUT2D eigenvalue weighted by atomic mass is 10.1. The quantitative estimate of drug-likeness (QED) is 0.865. The second kappa shape index (κ2) is 5.44. The zero-order valence-corrected chi connectivity index (χ0v) is 10.2. The second-order valence-corrected chi connectivity index (χ2v) is 4.55. The van der Waals surface area contributed by atoms with Gasteiger partial charge in [0.25, 0.3) is 0 Å². The van der Waals surface area contributed by atoms with Crippen LogP contribution in [0.2, 0.25) is 0 Å². The van der Waals surface area contributed by atoms with Gasteiger partial charge in [0.2, 0.25) is 5.91 Å². The van der Waals surface area contributed by atoms with Crippen LogP contribution >= 0.6 is 0 Å². The summed E-state index contributed by atoms with van der Waals surface area (Å²) >= 11 is 0. The van der Waals surface area contributed by atoms with Gasteiger partial charge in [-0.1, -0.05) is 0 Å². The van der Waals surface area contributed by atoms with Gasteiger partial charge in [-0.3, -0.25) is 4.79 Å². The van der Waals surface area contributed by atoms with Crippen LogP contribution in [-0.4, -0.2) is 18.5 Å². The standard InChI is InChI=1S/C13H16F2N2O/c1-8(10-7-9(14)4-5-11(10)15)17-13(18)12-3-2-6-16-12/h4-5,7-8,12,16H,2-3,6H2,1H3,(H,17,18). The first-order chi connectivity index (χ1) is 8.58. The van der Waals surface area contributed by atoms with Gasteiger partial charge in [-0.25, -0.2) is 8.78 Å². The summed E-state index contributed by atoms with van der Waals surface area (Å²) in [6.45, 7) is 2.46. The van der Waals surface area contributed by atoms with Gasteiger partial charge >= 0.3 is 0 Å². The first-order valence-electron chi connectivity index (χ1n) is 6.06. The fourth-order valence-corrected chi connectivity index (χ4v) is 2.15. The molecule has 1 aliphatic heterocycles. The number of halogens is 2. The van der Waals surface area contributed by atoms with Crippen LogP contribution in [0, 0.1) is 11.6 Å². The molecule has 18 heavy (non-hydrogen) atoms. The number of nitrogens with one attached hydrogen (secondary N) is 2. The van der Waals surface area contributed by atoms with E-state index < -0.39 is 17.7 Å². The molecule has 2 rings (SSSR count). The summed E-state index contributed by atoms with van der Waals surface area (Å²) in [6.07, 6.45) is 1.74. The van der Waals surface area contributed by atoms with Crippen molar-refractivity contribution in [2.45, 2.75) is 31.8 Å². The maximum absolute atomic E-state index is 13.5. The van der Waals surface area contributed by atoms with Gasteiger partial charge < -0.3 is 10.6 Å². The van der Waals surface area contributed by atoms with Gasteiger partial charge in [-0.05, 0) is 44.5 Å². The molecule has 0 saturated carbocycles. The van der Waals surface area contributed by atoms with Crippen molar-refractivity contribution >= 4 is 5.91 Å². The molecule has 1 fully saturated rings. The summed E-state index contributed by atoms with van der Waals surface area (Å²) in [6, 6.07) is 2.48. The molecule has 2 atom stereocenters. The zero-order valence-electron chi connectivity index (χ0n) is 10.2. The van der Waals surface area contributed by atoms with Gasteiger partial charge in [0.05, 0.1) is 12.1 Å². The lowest BCUT2D eigenvalue weighted by molar-refractivity contribution is -0.123. The largest absolute Gasteiger partial charge is 0.348 e. The van der Waals surface area contributed by atoms with Crippen molar-refractivity contribution in [2.75, 3.05) is 6.54 Å². The van der Waals surface area contributed by atoms with Crippen LogP contribution in [-0.2, 0) is 4.79 Å². The lowest BCUT2D eigenvalue weighted by Crippen LogP contribution is -2.41. The van der Waals surface area contributed by atoms with Crippen molar-refractivity contribution < 1.29 is 13.6 Å². The van der Waals surface area contributed by atoms with Crippen LogP contribution in [0.5, 0.6) is 0 Å². The number of benzene rings is 1. The van der Waals surface area contributed by atoms with Crippen LogP contribution in [0.4, 0.5) is 8.78 Å². The predicted molar refractivity (Wildman–Crippen MR) is 63.9 cm³/mol.